The van der Waals surface area contributed by atoms with E-state index in [1.165, 1.54) is 4.90 Å². The summed E-state index contributed by atoms with van der Waals surface area (Å²) in [5.74, 6) is 0.539. The molecule has 0 saturated carbocycles. The molecule has 0 bridgehead atoms. The summed E-state index contributed by atoms with van der Waals surface area (Å²) < 4.78 is 5.41. The van der Waals surface area contributed by atoms with Gasteiger partial charge in [0.25, 0.3) is 0 Å². The molecule has 27 heavy (non-hydrogen) atoms. The van der Waals surface area contributed by atoms with E-state index in [-0.39, 0.29) is 37.1 Å². The number of nitrogens with one attached hydrogen (secondary N) is 1. The highest BCUT2D eigenvalue weighted by Crippen LogP contribution is 2.28. The molecule has 1 N–H and O–H groups in total. The lowest BCUT2D eigenvalue weighted by Crippen LogP contribution is -2.50. The Morgan fingerprint density at radius 3 is 2.33 bits per heavy atom. The number of benzene rings is 1. The van der Waals surface area contributed by atoms with Gasteiger partial charge in [0.1, 0.15) is 5.75 Å². The highest BCUT2D eigenvalue weighted by Gasteiger charge is 2.25. The van der Waals surface area contributed by atoms with Crippen LogP contribution in [0.2, 0.25) is 0 Å². The molecule has 1 aromatic rings. The Labute approximate surface area is 159 Å². The quantitative estimate of drug-likeness (QED) is 0.790. The summed E-state index contributed by atoms with van der Waals surface area (Å²) in [5.41, 5.74) is 1.03. The average molecular weight is 374 g/mol. The van der Waals surface area contributed by atoms with Gasteiger partial charge in [-0.2, -0.15) is 0 Å². The molecule has 2 aliphatic rings. The fourth-order valence-corrected chi connectivity index (χ4v) is 3.47. The second-order valence-electron chi connectivity index (χ2n) is 6.70. The first-order valence-electron chi connectivity index (χ1n) is 9.28. The van der Waals surface area contributed by atoms with Crippen LogP contribution in [0.15, 0.2) is 24.3 Å². The first-order valence-corrected chi connectivity index (χ1v) is 9.28. The lowest BCUT2D eigenvalue weighted by atomic mass is 10.2. The third-order valence-electron chi connectivity index (χ3n) is 5.00. The van der Waals surface area contributed by atoms with Gasteiger partial charge in [-0.15, -0.1) is 0 Å². The second kappa shape index (κ2) is 8.75. The maximum absolute atomic E-state index is 12.4. The molecule has 0 radical (unpaired) electrons. The molecular formula is C19H26N4O4. The van der Waals surface area contributed by atoms with Crippen molar-refractivity contribution in [2.24, 2.45) is 0 Å². The van der Waals surface area contributed by atoms with E-state index >= 15 is 0 Å². The minimum atomic E-state index is -0.145. The number of hydrogen-bond donors (Lipinski definition) is 1. The summed E-state index contributed by atoms with van der Waals surface area (Å²) >= 11 is 0. The number of ether oxygens (including phenoxy) is 1. The Hall–Kier alpha value is -2.77. The number of carbonyl (C=O) groups is 3. The highest BCUT2D eigenvalue weighted by atomic mass is 16.5. The predicted octanol–water partition coefficient (Wildman–Crippen LogP) is 0.0824. The molecule has 0 aromatic heterocycles. The van der Waals surface area contributed by atoms with Crippen molar-refractivity contribution in [3.63, 3.8) is 0 Å². The summed E-state index contributed by atoms with van der Waals surface area (Å²) in [6.45, 7) is 3.78. The third-order valence-corrected chi connectivity index (χ3v) is 5.00. The van der Waals surface area contributed by atoms with E-state index in [1.54, 1.807) is 7.11 Å². The van der Waals surface area contributed by atoms with Crippen molar-refractivity contribution in [3.05, 3.63) is 24.3 Å². The van der Waals surface area contributed by atoms with Gasteiger partial charge in [-0.25, -0.2) is 0 Å². The van der Waals surface area contributed by atoms with Crippen LogP contribution in [0.5, 0.6) is 5.75 Å². The molecular weight excluding hydrogens is 348 g/mol. The van der Waals surface area contributed by atoms with Gasteiger partial charge >= 0.3 is 0 Å². The normalized spacial score (nSPS) is 17.5. The number of hydrogen-bond acceptors (Lipinski definition) is 5. The maximum atomic E-state index is 12.4. The fourth-order valence-electron chi connectivity index (χ4n) is 3.47. The minimum absolute atomic E-state index is 0.00973. The van der Waals surface area contributed by atoms with Gasteiger partial charge < -0.3 is 24.8 Å². The van der Waals surface area contributed by atoms with E-state index in [1.807, 2.05) is 29.2 Å². The van der Waals surface area contributed by atoms with Crippen molar-refractivity contribution in [2.75, 3.05) is 57.8 Å². The van der Waals surface area contributed by atoms with Gasteiger partial charge in [0.15, 0.2) is 0 Å². The van der Waals surface area contributed by atoms with Gasteiger partial charge in [0, 0.05) is 52.1 Å². The van der Waals surface area contributed by atoms with Crippen molar-refractivity contribution in [2.45, 2.75) is 12.8 Å². The monoisotopic (exact) mass is 374 g/mol. The molecule has 146 valence electrons. The molecule has 8 nitrogen and oxygen atoms in total. The van der Waals surface area contributed by atoms with Crippen LogP contribution in [-0.2, 0) is 14.4 Å². The molecule has 0 spiro atoms. The Morgan fingerprint density at radius 2 is 1.67 bits per heavy atom. The van der Waals surface area contributed by atoms with Crippen molar-refractivity contribution >= 4 is 23.4 Å². The Morgan fingerprint density at radius 1 is 1.00 bits per heavy atom. The standard InChI is InChI=1S/C19H26N4O4/c1-27-16-5-3-2-4-15(16)21-10-12-22(13-11-21)18(25)6-7-19(26)23-9-8-20-17(24)14-23/h2-5H,6-14H2,1H3,(H,20,24). The number of piperazine rings is 2. The van der Waals surface area contributed by atoms with Crippen LogP contribution >= 0.6 is 0 Å². The second-order valence-corrected chi connectivity index (χ2v) is 6.70. The third kappa shape index (κ3) is 4.69. The van der Waals surface area contributed by atoms with E-state index < -0.39 is 0 Å². The van der Waals surface area contributed by atoms with Crippen LogP contribution in [0.4, 0.5) is 5.69 Å². The Kier molecular flexibility index (Phi) is 6.16. The van der Waals surface area contributed by atoms with E-state index in [4.69, 9.17) is 4.74 Å². The Balaban J connectivity index is 1.46. The van der Waals surface area contributed by atoms with Crippen LogP contribution in [0, 0.1) is 0 Å². The van der Waals surface area contributed by atoms with Crippen LogP contribution < -0.4 is 15.0 Å². The van der Waals surface area contributed by atoms with E-state index in [2.05, 4.69) is 10.2 Å². The number of carbonyl (C=O) groups excluding carboxylic acids is 3. The van der Waals surface area contributed by atoms with Gasteiger partial charge in [-0.1, -0.05) is 12.1 Å². The van der Waals surface area contributed by atoms with Crippen molar-refractivity contribution in [1.29, 1.82) is 0 Å². The summed E-state index contributed by atoms with van der Waals surface area (Å²) in [7, 11) is 1.65. The van der Waals surface area contributed by atoms with Gasteiger partial charge in [0.2, 0.25) is 17.7 Å². The molecule has 2 heterocycles. The van der Waals surface area contributed by atoms with Gasteiger partial charge in [0.05, 0.1) is 19.3 Å². The molecule has 8 heteroatoms. The zero-order valence-electron chi connectivity index (χ0n) is 15.6. The van der Waals surface area contributed by atoms with Crippen molar-refractivity contribution in [3.8, 4) is 5.75 Å². The number of methoxy groups -OCH3 is 1. The fraction of sp³-hybridized carbons (Fsp3) is 0.526. The summed E-state index contributed by atoms with van der Waals surface area (Å²) in [4.78, 5) is 41.5. The largest absolute Gasteiger partial charge is 0.495 e. The zero-order chi connectivity index (χ0) is 19.2. The molecule has 0 atom stereocenters. The van der Waals surface area contributed by atoms with Crippen LogP contribution in [0.25, 0.3) is 0 Å². The van der Waals surface area contributed by atoms with Crippen LogP contribution in [0.1, 0.15) is 12.8 Å². The van der Waals surface area contributed by atoms with E-state index in [9.17, 15) is 14.4 Å². The predicted molar refractivity (Wildman–Crippen MR) is 101 cm³/mol. The molecule has 3 amide bonds. The Bertz CT molecular complexity index is 701. The topological polar surface area (TPSA) is 82.2 Å². The van der Waals surface area contributed by atoms with Crippen molar-refractivity contribution in [1.82, 2.24) is 15.1 Å². The first kappa shape index (κ1) is 19.0. The highest BCUT2D eigenvalue weighted by molar-refractivity contribution is 5.88. The lowest BCUT2D eigenvalue weighted by molar-refractivity contribution is -0.140. The van der Waals surface area contributed by atoms with Crippen LogP contribution in [-0.4, -0.2) is 80.4 Å². The first-order chi connectivity index (χ1) is 13.1. The molecule has 2 fully saturated rings. The molecule has 0 aliphatic carbocycles. The number of rotatable bonds is 5. The number of nitrogens with zero attached hydrogens (tertiary/aromatic N) is 3. The van der Waals surface area contributed by atoms with Gasteiger partial charge in [-0.05, 0) is 12.1 Å². The molecule has 1 aromatic carbocycles. The zero-order valence-corrected chi connectivity index (χ0v) is 15.6. The molecule has 2 aliphatic heterocycles. The molecule has 0 unspecified atom stereocenters. The smallest absolute Gasteiger partial charge is 0.239 e. The number of para-hydroxylation sites is 2. The average Bonchev–Trinajstić information content (AvgIpc) is 2.71. The number of amides is 3. The van der Waals surface area contributed by atoms with Crippen LogP contribution in [0.3, 0.4) is 0 Å². The summed E-state index contributed by atoms with van der Waals surface area (Å²) in [6.07, 6.45) is 0.338. The lowest BCUT2D eigenvalue weighted by Gasteiger charge is -2.36. The van der Waals surface area contributed by atoms with Crippen molar-refractivity contribution < 1.29 is 19.1 Å². The summed E-state index contributed by atoms with van der Waals surface area (Å²) in [6, 6.07) is 7.86. The SMILES string of the molecule is COc1ccccc1N1CCN(C(=O)CCC(=O)N2CCNC(=O)C2)CC1. The van der Waals surface area contributed by atoms with Gasteiger partial charge in [-0.3, -0.25) is 14.4 Å². The van der Waals surface area contributed by atoms with E-state index in [0.29, 0.717) is 26.2 Å². The number of anilines is 1. The minimum Gasteiger partial charge on any atom is -0.495 e. The summed E-state index contributed by atoms with van der Waals surface area (Å²) in [5, 5.41) is 2.69. The molecule has 3 rings (SSSR count). The molecule has 2 saturated heterocycles. The maximum Gasteiger partial charge on any atom is 0.239 e. The van der Waals surface area contributed by atoms with E-state index in [0.717, 1.165) is 24.5 Å².